The molecule has 0 amide bonds. The Morgan fingerprint density at radius 3 is 2.69 bits per heavy atom. The van der Waals surface area contributed by atoms with Gasteiger partial charge in [0.15, 0.2) is 5.96 Å². The maximum Gasteiger partial charge on any atom is 0.192 e. The Hall–Kier alpha value is -0.770. The van der Waals surface area contributed by atoms with Gasteiger partial charge in [0.2, 0.25) is 0 Å². The monoisotopic (exact) mass is 222 g/mol. The lowest BCUT2D eigenvalue weighted by Crippen LogP contribution is -2.48. The van der Waals surface area contributed by atoms with Crippen LogP contribution in [-0.2, 0) is 0 Å². The lowest BCUT2D eigenvalue weighted by Gasteiger charge is -2.25. The number of aliphatic imine (C=N–C) groups is 1. The Kier molecular flexibility index (Phi) is 3.00. The van der Waals surface area contributed by atoms with Crippen LogP contribution in [0.2, 0.25) is 0 Å². The Bertz CT molecular complexity index is 270. The van der Waals surface area contributed by atoms with Crippen LogP contribution < -0.4 is 16.0 Å². The molecule has 2 heterocycles. The first-order valence-electron chi connectivity index (χ1n) is 6.73. The van der Waals surface area contributed by atoms with E-state index < -0.39 is 0 Å². The number of fused-ring (bicyclic) bond motifs is 1. The third-order valence-corrected chi connectivity index (χ3v) is 4.03. The Morgan fingerprint density at radius 1 is 1.06 bits per heavy atom. The molecule has 0 aromatic heterocycles. The number of guanidine groups is 1. The maximum absolute atomic E-state index is 4.78. The summed E-state index contributed by atoms with van der Waals surface area (Å²) in [6.45, 7) is 2.27. The lowest BCUT2D eigenvalue weighted by molar-refractivity contribution is 0.382. The van der Waals surface area contributed by atoms with E-state index in [2.05, 4.69) is 16.0 Å². The SMILES string of the molecule is C1CCC2NC(NC3CCNCC3)=NC2C1. The fourth-order valence-corrected chi connectivity index (χ4v) is 3.05. The minimum atomic E-state index is 0.554. The largest absolute Gasteiger partial charge is 0.354 e. The highest BCUT2D eigenvalue weighted by Crippen LogP contribution is 2.24. The van der Waals surface area contributed by atoms with Gasteiger partial charge >= 0.3 is 0 Å². The molecule has 4 heteroatoms. The zero-order chi connectivity index (χ0) is 10.8. The second-order valence-electron chi connectivity index (χ2n) is 5.25. The standard InChI is InChI=1S/C12H22N4/c1-2-4-11-10(3-1)15-12(16-11)14-9-5-7-13-8-6-9/h9-11,13H,1-8H2,(H2,14,15,16). The summed E-state index contributed by atoms with van der Waals surface area (Å²) in [6.07, 6.45) is 7.73. The summed E-state index contributed by atoms with van der Waals surface area (Å²) in [4.78, 5) is 4.78. The predicted octanol–water partition coefficient (Wildman–Crippen LogP) is 0.598. The molecule has 1 aliphatic carbocycles. The summed E-state index contributed by atoms with van der Waals surface area (Å²) in [5.41, 5.74) is 0. The first-order valence-corrected chi connectivity index (χ1v) is 6.73. The summed E-state index contributed by atoms with van der Waals surface area (Å²) in [5, 5.41) is 10.5. The number of hydrogen-bond acceptors (Lipinski definition) is 4. The predicted molar refractivity (Wildman–Crippen MR) is 65.6 cm³/mol. The van der Waals surface area contributed by atoms with Crippen LogP contribution in [0.3, 0.4) is 0 Å². The second-order valence-corrected chi connectivity index (χ2v) is 5.25. The Morgan fingerprint density at radius 2 is 1.88 bits per heavy atom. The van der Waals surface area contributed by atoms with Crippen molar-refractivity contribution in [2.45, 2.75) is 56.7 Å². The molecule has 4 nitrogen and oxygen atoms in total. The highest BCUT2D eigenvalue weighted by atomic mass is 15.3. The highest BCUT2D eigenvalue weighted by Gasteiger charge is 2.31. The fraction of sp³-hybridized carbons (Fsp3) is 0.917. The summed E-state index contributed by atoms with van der Waals surface area (Å²) in [6, 6.07) is 1.79. The van der Waals surface area contributed by atoms with Gasteiger partial charge in [-0.25, -0.2) is 4.99 Å². The van der Waals surface area contributed by atoms with Gasteiger partial charge in [0.05, 0.1) is 12.1 Å². The zero-order valence-corrected chi connectivity index (χ0v) is 9.84. The molecule has 2 fully saturated rings. The molecule has 2 unspecified atom stereocenters. The smallest absolute Gasteiger partial charge is 0.192 e. The first-order chi connectivity index (χ1) is 7.92. The third kappa shape index (κ3) is 2.17. The molecule has 1 saturated heterocycles. The van der Waals surface area contributed by atoms with Crippen LogP contribution in [0.1, 0.15) is 38.5 Å². The number of hydrogen-bond donors (Lipinski definition) is 3. The van der Waals surface area contributed by atoms with Crippen LogP contribution in [0.25, 0.3) is 0 Å². The summed E-state index contributed by atoms with van der Waals surface area (Å²) < 4.78 is 0. The van der Waals surface area contributed by atoms with Crippen LogP contribution in [0.15, 0.2) is 4.99 Å². The van der Waals surface area contributed by atoms with Gasteiger partial charge in [0.25, 0.3) is 0 Å². The topological polar surface area (TPSA) is 48.4 Å². The molecule has 90 valence electrons. The Balaban J connectivity index is 1.55. The van der Waals surface area contributed by atoms with E-state index in [-0.39, 0.29) is 0 Å². The fourth-order valence-electron chi connectivity index (χ4n) is 3.05. The minimum absolute atomic E-state index is 0.554. The van der Waals surface area contributed by atoms with Gasteiger partial charge in [0, 0.05) is 6.04 Å². The van der Waals surface area contributed by atoms with E-state index in [0.29, 0.717) is 18.1 Å². The average Bonchev–Trinajstić information content (AvgIpc) is 2.72. The van der Waals surface area contributed by atoms with Crippen molar-refractivity contribution in [2.24, 2.45) is 4.99 Å². The quantitative estimate of drug-likeness (QED) is 0.609. The number of nitrogens with one attached hydrogen (secondary N) is 3. The molecule has 0 radical (unpaired) electrons. The average molecular weight is 222 g/mol. The zero-order valence-electron chi connectivity index (χ0n) is 9.84. The molecular formula is C12H22N4. The minimum Gasteiger partial charge on any atom is -0.354 e. The lowest BCUT2D eigenvalue weighted by atomic mass is 9.92. The van der Waals surface area contributed by atoms with Crippen molar-refractivity contribution in [1.82, 2.24) is 16.0 Å². The summed E-state index contributed by atoms with van der Waals surface area (Å²) in [7, 11) is 0. The summed E-state index contributed by atoms with van der Waals surface area (Å²) >= 11 is 0. The molecule has 0 aromatic carbocycles. The van der Waals surface area contributed by atoms with Crippen molar-refractivity contribution in [2.75, 3.05) is 13.1 Å². The van der Waals surface area contributed by atoms with Crippen LogP contribution in [-0.4, -0.2) is 37.2 Å². The van der Waals surface area contributed by atoms with Gasteiger partial charge < -0.3 is 16.0 Å². The molecule has 3 N–H and O–H groups in total. The van der Waals surface area contributed by atoms with E-state index >= 15 is 0 Å². The van der Waals surface area contributed by atoms with Crippen molar-refractivity contribution >= 4 is 5.96 Å². The molecular weight excluding hydrogens is 200 g/mol. The molecule has 2 atom stereocenters. The van der Waals surface area contributed by atoms with Gasteiger partial charge in [-0.2, -0.15) is 0 Å². The molecule has 16 heavy (non-hydrogen) atoms. The molecule has 0 aromatic rings. The molecule has 1 saturated carbocycles. The molecule has 2 aliphatic heterocycles. The van der Waals surface area contributed by atoms with Crippen LogP contribution in [0.4, 0.5) is 0 Å². The molecule has 3 rings (SSSR count). The van der Waals surface area contributed by atoms with Crippen molar-refractivity contribution in [3.05, 3.63) is 0 Å². The van der Waals surface area contributed by atoms with Crippen LogP contribution in [0.5, 0.6) is 0 Å². The molecule has 3 aliphatic rings. The van der Waals surface area contributed by atoms with Gasteiger partial charge in [-0.1, -0.05) is 12.8 Å². The van der Waals surface area contributed by atoms with E-state index in [1.54, 1.807) is 0 Å². The van der Waals surface area contributed by atoms with Crippen LogP contribution in [0, 0.1) is 0 Å². The molecule has 0 spiro atoms. The van der Waals surface area contributed by atoms with E-state index in [0.717, 1.165) is 19.0 Å². The number of piperidine rings is 1. The molecule has 0 bridgehead atoms. The normalized spacial score (nSPS) is 35.1. The summed E-state index contributed by atoms with van der Waals surface area (Å²) in [5.74, 6) is 1.07. The van der Waals surface area contributed by atoms with E-state index in [1.165, 1.54) is 38.5 Å². The van der Waals surface area contributed by atoms with E-state index in [9.17, 15) is 0 Å². The first kappa shape index (κ1) is 10.4. The van der Waals surface area contributed by atoms with Gasteiger partial charge in [-0.3, -0.25) is 0 Å². The maximum atomic E-state index is 4.78. The van der Waals surface area contributed by atoms with Gasteiger partial charge in [-0.05, 0) is 38.8 Å². The van der Waals surface area contributed by atoms with Crippen molar-refractivity contribution in [3.63, 3.8) is 0 Å². The van der Waals surface area contributed by atoms with E-state index in [4.69, 9.17) is 4.99 Å². The van der Waals surface area contributed by atoms with E-state index in [1.807, 2.05) is 0 Å². The van der Waals surface area contributed by atoms with Gasteiger partial charge in [0.1, 0.15) is 0 Å². The number of nitrogens with zero attached hydrogens (tertiary/aromatic N) is 1. The van der Waals surface area contributed by atoms with Crippen LogP contribution >= 0.6 is 0 Å². The highest BCUT2D eigenvalue weighted by molar-refractivity contribution is 5.82. The Labute approximate surface area is 97.3 Å². The number of rotatable bonds is 1. The third-order valence-electron chi connectivity index (χ3n) is 4.03. The second kappa shape index (κ2) is 4.62. The van der Waals surface area contributed by atoms with Crippen molar-refractivity contribution < 1.29 is 0 Å². The van der Waals surface area contributed by atoms with Crippen molar-refractivity contribution in [1.29, 1.82) is 0 Å². The van der Waals surface area contributed by atoms with Crippen molar-refractivity contribution in [3.8, 4) is 0 Å². The van der Waals surface area contributed by atoms with Gasteiger partial charge in [-0.15, -0.1) is 0 Å².